The zero-order valence-corrected chi connectivity index (χ0v) is 9.95. The van der Waals surface area contributed by atoms with Crippen LogP contribution in [0.15, 0.2) is 18.2 Å². The van der Waals surface area contributed by atoms with Crippen molar-refractivity contribution in [1.29, 1.82) is 0 Å². The molecule has 0 saturated heterocycles. The predicted molar refractivity (Wildman–Crippen MR) is 64.7 cm³/mol. The van der Waals surface area contributed by atoms with Crippen LogP contribution in [0.3, 0.4) is 0 Å². The first kappa shape index (κ1) is 13.0. The molecule has 0 fully saturated rings. The average Bonchev–Trinajstić information content (AvgIpc) is 2.31. The third-order valence-electron chi connectivity index (χ3n) is 2.10. The Morgan fingerprint density at radius 3 is 2.88 bits per heavy atom. The summed E-state index contributed by atoms with van der Waals surface area (Å²) in [5.41, 5.74) is 2.18. The first-order valence-corrected chi connectivity index (χ1v) is 5.37. The number of carbonyl (C=O) groups excluding carboxylic acids is 2. The molecule has 0 bridgehead atoms. The van der Waals surface area contributed by atoms with Crippen LogP contribution in [0.5, 0.6) is 0 Å². The van der Waals surface area contributed by atoms with Crippen LogP contribution in [0.2, 0.25) is 0 Å². The Labute approximate surface area is 101 Å². The molecular formula is C14H14O3. The molecule has 0 saturated carbocycles. The van der Waals surface area contributed by atoms with Gasteiger partial charge in [0.25, 0.3) is 0 Å². The molecular weight excluding hydrogens is 216 g/mol. The molecule has 1 rings (SSSR count). The molecule has 0 heterocycles. The normalized spacial score (nSPS) is 9.06. The summed E-state index contributed by atoms with van der Waals surface area (Å²) in [5, 5.41) is 0. The zero-order valence-electron chi connectivity index (χ0n) is 9.95. The minimum Gasteiger partial charge on any atom is -0.465 e. The van der Waals surface area contributed by atoms with E-state index >= 15 is 0 Å². The van der Waals surface area contributed by atoms with Crippen molar-refractivity contribution < 1.29 is 14.3 Å². The van der Waals surface area contributed by atoms with Gasteiger partial charge in [0.2, 0.25) is 0 Å². The Hall–Kier alpha value is -2.08. The van der Waals surface area contributed by atoms with E-state index < -0.39 is 0 Å². The third-order valence-corrected chi connectivity index (χ3v) is 2.10. The third kappa shape index (κ3) is 4.12. The summed E-state index contributed by atoms with van der Waals surface area (Å²) in [5.74, 6) is 5.15. The molecule has 0 spiro atoms. The molecule has 3 nitrogen and oxygen atoms in total. The minimum absolute atomic E-state index is 0.0417. The van der Waals surface area contributed by atoms with Gasteiger partial charge in [-0.15, -0.1) is 0 Å². The SMILES string of the molecule is CCOC(=O)CC#Cc1ccc(C)cc1C=O. The summed E-state index contributed by atoms with van der Waals surface area (Å²) in [4.78, 5) is 21.9. The molecule has 88 valence electrons. The number of esters is 1. The summed E-state index contributed by atoms with van der Waals surface area (Å²) in [7, 11) is 0. The van der Waals surface area contributed by atoms with E-state index in [9.17, 15) is 9.59 Å². The molecule has 0 N–H and O–H groups in total. The van der Waals surface area contributed by atoms with Crippen LogP contribution in [-0.4, -0.2) is 18.9 Å². The van der Waals surface area contributed by atoms with Gasteiger partial charge in [0, 0.05) is 11.1 Å². The number of ether oxygens (including phenoxy) is 1. The Morgan fingerprint density at radius 2 is 2.24 bits per heavy atom. The van der Waals surface area contributed by atoms with Gasteiger partial charge >= 0.3 is 5.97 Å². The van der Waals surface area contributed by atoms with E-state index in [1.807, 2.05) is 13.0 Å². The highest BCUT2D eigenvalue weighted by Gasteiger charge is 1.99. The quantitative estimate of drug-likeness (QED) is 0.454. The van der Waals surface area contributed by atoms with E-state index in [1.165, 1.54) is 0 Å². The number of aldehydes is 1. The van der Waals surface area contributed by atoms with Crippen molar-refractivity contribution in [1.82, 2.24) is 0 Å². The monoisotopic (exact) mass is 230 g/mol. The van der Waals surface area contributed by atoms with E-state index in [4.69, 9.17) is 4.74 Å². The lowest BCUT2D eigenvalue weighted by Gasteiger charge is -1.98. The number of carbonyl (C=O) groups is 2. The Bertz CT molecular complexity index is 478. The summed E-state index contributed by atoms with van der Waals surface area (Å²) in [6, 6.07) is 5.42. The topological polar surface area (TPSA) is 43.4 Å². The first-order valence-electron chi connectivity index (χ1n) is 5.37. The zero-order chi connectivity index (χ0) is 12.7. The summed E-state index contributed by atoms with van der Waals surface area (Å²) in [6.07, 6.45) is 0.807. The van der Waals surface area contributed by atoms with Crippen LogP contribution in [0, 0.1) is 18.8 Å². The number of benzene rings is 1. The minimum atomic E-state index is -0.347. The lowest BCUT2D eigenvalue weighted by molar-refractivity contribution is -0.141. The largest absolute Gasteiger partial charge is 0.465 e. The highest BCUT2D eigenvalue weighted by molar-refractivity contribution is 5.80. The highest BCUT2D eigenvalue weighted by Crippen LogP contribution is 2.08. The average molecular weight is 230 g/mol. The number of hydrogen-bond donors (Lipinski definition) is 0. The molecule has 0 unspecified atom stereocenters. The van der Waals surface area contributed by atoms with E-state index in [-0.39, 0.29) is 12.4 Å². The highest BCUT2D eigenvalue weighted by atomic mass is 16.5. The summed E-state index contributed by atoms with van der Waals surface area (Å²) < 4.78 is 4.74. The molecule has 17 heavy (non-hydrogen) atoms. The second-order valence-corrected chi connectivity index (χ2v) is 3.49. The van der Waals surface area contributed by atoms with Crippen LogP contribution >= 0.6 is 0 Å². The summed E-state index contributed by atoms with van der Waals surface area (Å²) in [6.45, 7) is 4.00. The van der Waals surface area contributed by atoms with Crippen molar-refractivity contribution in [3.8, 4) is 11.8 Å². The molecule has 3 heteroatoms. The van der Waals surface area contributed by atoms with Gasteiger partial charge < -0.3 is 4.74 Å². The van der Waals surface area contributed by atoms with Crippen molar-refractivity contribution in [2.24, 2.45) is 0 Å². The summed E-state index contributed by atoms with van der Waals surface area (Å²) >= 11 is 0. The predicted octanol–water partition coefficient (Wildman–Crippen LogP) is 2.11. The maximum Gasteiger partial charge on any atom is 0.317 e. The van der Waals surface area contributed by atoms with Crippen LogP contribution in [0.25, 0.3) is 0 Å². The lowest BCUT2D eigenvalue weighted by Crippen LogP contribution is -2.01. The van der Waals surface area contributed by atoms with Crippen LogP contribution in [0.1, 0.15) is 34.8 Å². The lowest BCUT2D eigenvalue weighted by atomic mass is 10.1. The molecule has 1 aromatic rings. The molecule has 0 atom stereocenters. The van der Waals surface area contributed by atoms with Crippen molar-refractivity contribution in [3.63, 3.8) is 0 Å². The second-order valence-electron chi connectivity index (χ2n) is 3.49. The Morgan fingerprint density at radius 1 is 1.47 bits per heavy atom. The van der Waals surface area contributed by atoms with Gasteiger partial charge in [0.05, 0.1) is 6.61 Å². The second kappa shape index (κ2) is 6.49. The Balaban J connectivity index is 2.78. The van der Waals surface area contributed by atoms with Gasteiger partial charge in [-0.3, -0.25) is 9.59 Å². The number of rotatable bonds is 3. The molecule has 0 radical (unpaired) electrons. The number of hydrogen-bond acceptors (Lipinski definition) is 3. The molecule has 0 amide bonds. The fourth-order valence-corrected chi connectivity index (χ4v) is 1.32. The van der Waals surface area contributed by atoms with Crippen molar-refractivity contribution in [2.75, 3.05) is 6.61 Å². The van der Waals surface area contributed by atoms with E-state index in [0.29, 0.717) is 17.7 Å². The van der Waals surface area contributed by atoms with E-state index in [1.54, 1.807) is 19.1 Å². The van der Waals surface area contributed by atoms with E-state index in [2.05, 4.69) is 11.8 Å². The van der Waals surface area contributed by atoms with E-state index in [0.717, 1.165) is 11.8 Å². The fourth-order valence-electron chi connectivity index (χ4n) is 1.32. The standard InChI is InChI=1S/C14H14O3/c1-3-17-14(16)6-4-5-12-8-7-11(2)9-13(12)10-15/h7-10H,3,6H2,1-2H3. The van der Waals surface area contributed by atoms with Crippen molar-refractivity contribution in [3.05, 3.63) is 34.9 Å². The van der Waals surface area contributed by atoms with Crippen molar-refractivity contribution >= 4 is 12.3 Å². The van der Waals surface area contributed by atoms with Crippen LogP contribution in [-0.2, 0) is 9.53 Å². The van der Waals surface area contributed by atoms with Crippen LogP contribution < -0.4 is 0 Å². The maximum atomic E-state index is 11.0. The van der Waals surface area contributed by atoms with Gasteiger partial charge in [-0.25, -0.2) is 0 Å². The van der Waals surface area contributed by atoms with Crippen molar-refractivity contribution in [2.45, 2.75) is 20.3 Å². The first-order chi connectivity index (χ1) is 8.17. The smallest absolute Gasteiger partial charge is 0.317 e. The molecule has 0 aliphatic heterocycles. The Kier molecular flexibility index (Phi) is 4.96. The molecule has 0 aliphatic rings. The fraction of sp³-hybridized carbons (Fsp3) is 0.286. The van der Waals surface area contributed by atoms with Crippen LogP contribution in [0.4, 0.5) is 0 Å². The maximum absolute atomic E-state index is 11.0. The molecule has 0 aliphatic carbocycles. The van der Waals surface area contributed by atoms with Gasteiger partial charge in [-0.05, 0) is 26.0 Å². The number of aryl methyl sites for hydroxylation is 1. The van der Waals surface area contributed by atoms with Gasteiger partial charge in [-0.2, -0.15) is 0 Å². The molecule has 0 aromatic heterocycles. The van der Waals surface area contributed by atoms with Gasteiger partial charge in [0.15, 0.2) is 6.29 Å². The van der Waals surface area contributed by atoms with Gasteiger partial charge in [-0.1, -0.05) is 23.5 Å². The van der Waals surface area contributed by atoms with Gasteiger partial charge in [0.1, 0.15) is 6.42 Å². The molecule has 1 aromatic carbocycles.